The van der Waals surface area contributed by atoms with Crippen LogP contribution in [-0.4, -0.2) is 30.2 Å². The summed E-state index contributed by atoms with van der Waals surface area (Å²) in [4.78, 5) is 0. The van der Waals surface area contributed by atoms with Gasteiger partial charge in [-0.1, -0.05) is 0 Å². The van der Waals surface area contributed by atoms with Crippen molar-refractivity contribution in [3.63, 3.8) is 0 Å². The Bertz CT molecular complexity index is 79.3. The highest BCUT2D eigenvalue weighted by atomic mass is 79.9. The molecule has 0 rings (SSSR count). The van der Waals surface area contributed by atoms with Crippen LogP contribution in [0, 0.1) is 0 Å². The van der Waals surface area contributed by atoms with Gasteiger partial charge in [0.2, 0.25) is 0 Å². The van der Waals surface area contributed by atoms with Crippen molar-refractivity contribution < 1.29 is 21.5 Å². The smallest absolute Gasteiger partial charge is 0.0833 e. The number of rotatable bonds is 4. The molecule has 70 valence electrons. The molecule has 0 aromatic rings. The van der Waals surface area contributed by atoms with Gasteiger partial charge in [-0.05, 0) is 34.6 Å². The average Bonchev–Trinajstić information content (AvgIpc) is 1.92. The third-order valence-electron chi connectivity index (χ3n) is 2.98. The topological polar surface area (TPSA) is 0 Å². The third-order valence-corrected chi connectivity index (χ3v) is 2.98. The molecule has 0 unspecified atom stereocenters. The molecule has 0 heterocycles. The maximum Gasteiger partial charge on any atom is 0.0833 e. The number of hydrogen-bond acceptors (Lipinski definition) is 0. The first-order valence-electron chi connectivity index (χ1n) is 4.48. The summed E-state index contributed by atoms with van der Waals surface area (Å²) in [5, 5.41) is 0. The summed E-state index contributed by atoms with van der Waals surface area (Å²) in [7, 11) is 0. The molecule has 0 N–H and O–H groups in total. The van der Waals surface area contributed by atoms with Crippen LogP contribution in [0.15, 0.2) is 0 Å². The zero-order valence-corrected chi connectivity index (χ0v) is 10.1. The van der Waals surface area contributed by atoms with E-state index < -0.39 is 0 Å². The highest BCUT2D eigenvalue weighted by Crippen LogP contribution is 2.11. The Labute approximate surface area is 82.1 Å². The van der Waals surface area contributed by atoms with Gasteiger partial charge in [-0.2, -0.15) is 0 Å². The number of quaternary nitrogens is 1. The predicted molar refractivity (Wildman–Crippen MR) is 47.0 cm³/mol. The third kappa shape index (κ3) is 3.12. The second kappa shape index (κ2) is 6.01. The zero-order valence-electron chi connectivity index (χ0n) is 8.52. The predicted octanol–water partition coefficient (Wildman–Crippen LogP) is -0.725. The Balaban J connectivity index is 0. The molecule has 0 aromatic carbocycles. The van der Waals surface area contributed by atoms with Crippen molar-refractivity contribution in [3.8, 4) is 0 Å². The number of halogens is 1. The lowest BCUT2D eigenvalue weighted by atomic mass is 10.2. The van der Waals surface area contributed by atoms with Gasteiger partial charge in [-0.15, -0.1) is 0 Å². The molecule has 1 nitrogen and oxygen atoms in total. The van der Waals surface area contributed by atoms with Gasteiger partial charge in [0.1, 0.15) is 0 Å². The van der Waals surface area contributed by atoms with E-state index in [1.807, 2.05) is 0 Å². The van der Waals surface area contributed by atoms with E-state index in [1.54, 1.807) is 0 Å². The SMILES string of the molecule is CC[N+](CC)(CC)C(C)C.[Br-]. The summed E-state index contributed by atoms with van der Waals surface area (Å²) in [6, 6.07) is 0.778. The van der Waals surface area contributed by atoms with Crippen molar-refractivity contribution in [1.82, 2.24) is 0 Å². The lowest BCUT2D eigenvalue weighted by Gasteiger charge is -2.39. The van der Waals surface area contributed by atoms with Crippen LogP contribution in [0.4, 0.5) is 0 Å². The second-order valence-corrected chi connectivity index (χ2v) is 3.26. The van der Waals surface area contributed by atoms with E-state index in [2.05, 4.69) is 34.6 Å². The van der Waals surface area contributed by atoms with Crippen molar-refractivity contribution in [3.05, 3.63) is 0 Å². The molecular formula is C9H22BrN. The van der Waals surface area contributed by atoms with E-state index in [0.29, 0.717) is 0 Å². The normalized spacial score (nSPS) is 11.5. The van der Waals surface area contributed by atoms with Crippen LogP contribution in [-0.2, 0) is 0 Å². The number of nitrogens with zero attached hydrogens (tertiary/aromatic N) is 1. The fraction of sp³-hybridized carbons (Fsp3) is 1.00. The molecule has 0 bridgehead atoms. The molecule has 0 amide bonds. The Morgan fingerprint density at radius 1 is 0.909 bits per heavy atom. The van der Waals surface area contributed by atoms with Gasteiger partial charge < -0.3 is 21.5 Å². The van der Waals surface area contributed by atoms with E-state index in [-0.39, 0.29) is 17.0 Å². The van der Waals surface area contributed by atoms with Crippen LogP contribution < -0.4 is 17.0 Å². The molecule has 0 spiro atoms. The minimum Gasteiger partial charge on any atom is -1.00 e. The lowest BCUT2D eigenvalue weighted by molar-refractivity contribution is -0.943. The fourth-order valence-electron chi connectivity index (χ4n) is 1.77. The van der Waals surface area contributed by atoms with Crippen LogP contribution in [0.1, 0.15) is 34.6 Å². The van der Waals surface area contributed by atoms with E-state index in [0.717, 1.165) is 6.04 Å². The summed E-state index contributed by atoms with van der Waals surface area (Å²) in [6.07, 6.45) is 0. The maximum atomic E-state index is 2.32. The molecule has 2 heteroatoms. The Morgan fingerprint density at radius 3 is 1.18 bits per heavy atom. The molecule has 0 radical (unpaired) electrons. The minimum absolute atomic E-state index is 0. The lowest BCUT2D eigenvalue weighted by Crippen LogP contribution is -3.00. The van der Waals surface area contributed by atoms with E-state index >= 15 is 0 Å². The first kappa shape index (κ1) is 14.0. The molecule has 0 aliphatic heterocycles. The number of hydrogen-bond donors (Lipinski definition) is 0. The van der Waals surface area contributed by atoms with Crippen molar-refractivity contribution in [2.24, 2.45) is 0 Å². The van der Waals surface area contributed by atoms with Crippen molar-refractivity contribution in [2.45, 2.75) is 40.7 Å². The van der Waals surface area contributed by atoms with Crippen LogP contribution in [0.3, 0.4) is 0 Å². The van der Waals surface area contributed by atoms with E-state index in [1.165, 1.54) is 24.1 Å². The Morgan fingerprint density at radius 2 is 1.18 bits per heavy atom. The summed E-state index contributed by atoms with van der Waals surface area (Å²) >= 11 is 0. The highest BCUT2D eigenvalue weighted by Gasteiger charge is 2.23. The van der Waals surface area contributed by atoms with E-state index in [4.69, 9.17) is 0 Å². The molecule has 0 saturated carbocycles. The van der Waals surface area contributed by atoms with Crippen LogP contribution in [0.25, 0.3) is 0 Å². The average molecular weight is 224 g/mol. The second-order valence-electron chi connectivity index (χ2n) is 3.26. The summed E-state index contributed by atoms with van der Waals surface area (Å²) in [5.74, 6) is 0. The quantitative estimate of drug-likeness (QED) is 0.553. The maximum absolute atomic E-state index is 2.32. The van der Waals surface area contributed by atoms with Crippen LogP contribution in [0.5, 0.6) is 0 Å². The van der Waals surface area contributed by atoms with Gasteiger partial charge in [0.25, 0.3) is 0 Å². The van der Waals surface area contributed by atoms with Gasteiger partial charge in [-0.3, -0.25) is 0 Å². The molecule has 0 aliphatic rings. The fourth-order valence-corrected chi connectivity index (χ4v) is 1.77. The Kier molecular flexibility index (Phi) is 7.65. The Hall–Kier alpha value is 0.440. The van der Waals surface area contributed by atoms with Gasteiger partial charge in [0.15, 0.2) is 0 Å². The first-order valence-corrected chi connectivity index (χ1v) is 4.48. The molecule has 0 saturated heterocycles. The summed E-state index contributed by atoms with van der Waals surface area (Å²) < 4.78 is 1.26. The van der Waals surface area contributed by atoms with Crippen molar-refractivity contribution in [1.29, 1.82) is 0 Å². The van der Waals surface area contributed by atoms with Crippen molar-refractivity contribution in [2.75, 3.05) is 19.6 Å². The summed E-state index contributed by atoms with van der Waals surface area (Å²) in [6.45, 7) is 15.3. The molecule has 0 atom stereocenters. The van der Waals surface area contributed by atoms with Gasteiger partial charge in [-0.25, -0.2) is 0 Å². The van der Waals surface area contributed by atoms with Gasteiger partial charge >= 0.3 is 0 Å². The minimum atomic E-state index is 0. The highest BCUT2D eigenvalue weighted by molar-refractivity contribution is 4.43. The van der Waals surface area contributed by atoms with Crippen LogP contribution >= 0.6 is 0 Å². The zero-order chi connectivity index (χ0) is 8.20. The molecule has 11 heavy (non-hydrogen) atoms. The molecule has 0 aromatic heterocycles. The monoisotopic (exact) mass is 223 g/mol. The largest absolute Gasteiger partial charge is 1.00 e. The van der Waals surface area contributed by atoms with Crippen molar-refractivity contribution >= 4 is 0 Å². The van der Waals surface area contributed by atoms with Gasteiger partial charge in [0, 0.05) is 0 Å². The first-order chi connectivity index (χ1) is 4.63. The standard InChI is InChI=1S/C9H22N.BrH/c1-6-10(7-2,8-3)9(4)5;/h9H,6-8H2,1-5H3;1H/q+1;/p-1. The van der Waals surface area contributed by atoms with Gasteiger partial charge in [0.05, 0.1) is 25.7 Å². The molecule has 0 fully saturated rings. The molecular weight excluding hydrogens is 202 g/mol. The summed E-state index contributed by atoms with van der Waals surface area (Å²) in [5.41, 5.74) is 0. The van der Waals surface area contributed by atoms with Crippen LogP contribution in [0.2, 0.25) is 0 Å². The molecule has 0 aliphatic carbocycles. The van der Waals surface area contributed by atoms with E-state index in [9.17, 15) is 0 Å².